The first-order valence-corrected chi connectivity index (χ1v) is 30.5. The number of aliphatic imine (C=N–C) groups is 2. The summed E-state index contributed by atoms with van der Waals surface area (Å²) in [5.74, 6) is 2.13. The fourth-order valence-electron chi connectivity index (χ4n) is 10.9. The number of amides is 1. The van der Waals surface area contributed by atoms with E-state index in [-0.39, 0.29) is 41.6 Å². The van der Waals surface area contributed by atoms with Crippen molar-refractivity contribution in [2.24, 2.45) is 15.7 Å². The average Bonchev–Trinajstić information content (AvgIpc) is 4.22. The molecule has 0 aliphatic carbocycles. The number of carboxylic acids is 1. The summed E-state index contributed by atoms with van der Waals surface area (Å²) in [6, 6.07) is 43.7. The van der Waals surface area contributed by atoms with Crippen molar-refractivity contribution in [3.8, 4) is 11.5 Å². The average molecular weight is 1160 g/mol. The third kappa shape index (κ3) is 13.3. The fraction of sp³-hybridized carbons (Fsp3) is 0.290. The van der Waals surface area contributed by atoms with E-state index in [1.807, 2.05) is 94.3 Å². The summed E-state index contributed by atoms with van der Waals surface area (Å²) in [6.45, 7) is 6.21. The van der Waals surface area contributed by atoms with Crippen LogP contribution in [0.15, 0.2) is 178 Å². The third-order valence-corrected chi connectivity index (χ3v) is 19.0. The highest BCUT2D eigenvalue weighted by molar-refractivity contribution is 7.89. The first-order chi connectivity index (χ1) is 40.2. The molecule has 2 unspecified atom stereocenters. The highest BCUT2D eigenvalue weighted by Gasteiger charge is 2.39. The lowest BCUT2D eigenvalue weighted by atomic mass is 10.1. The number of amidine groups is 2. The summed E-state index contributed by atoms with van der Waals surface area (Å²) in [6.07, 6.45) is 5.16. The van der Waals surface area contributed by atoms with Gasteiger partial charge in [0.15, 0.2) is 0 Å². The predicted molar refractivity (Wildman–Crippen MR) is 321 cm³/mol. The van der Waals surface area contributed by atoms with Crippen LogP contribution in [-0.2, 0) is 55.6 Å². The van der Waals surface area contributed by atoms with Gasteiger partial charge in [0, 0.05) is 87.1 Å². The maximum Gasteiger partial charge on any atom is 0.305 e. The van der Waals surface area contributed by atoms with Crippen molar-refractivity contribution in [3.63, 3.8) is 0 Å². The van der Waals surface area contributed by atoms with Crippen LogP contribution in [0.25, 0.3) is 21.5 Å². The van der Waals surface area contributed by atoms with E-state index < -0.39 is 38.1 Å². The number of nitrogens with zero attached hydrogens (tertiary/aromatic N) is 6. The molecule has 2 aromatic heterocycles. The number of sulfonamides is 2. The molecule has 6 aromatic carbocycles. The van der Waals surface area contributed by atoms with Gasteiger partial charge in [-0.1, -0.05) is 72.8 Å². The van der Waals surface area contributed by atoms with Crippen LogP contribution < -0.4 is 31.2 Å². The Kier molecular flexibility index (Phi) is 18.0. The van der Waals surface area contributed by atoms with E-state index >= 15 is 0 Å². The molecule has 0 saturated heterocycles. The molecule has 0 bridgehead atoms. The number of hydrogen-bond donors (Lipinski definition) is 5. The molecular formula is C62H68N10O9S2. The Hall–Kier alpha value is -8.34. The first-order valence-electron chi connectivity index (χ1n) is 27.7. The van der Waals surface area contributed by atoms with E-state index in [4.69, 9.17) is 15.2 Å². The number of rotatable bonds is 17. The van der Waals surface area contributed by atoms with E-state index in [1.165, 1.54) is 19.7 Å². The van der Waals surface area contributed by atoms with Gasteiger partial charge < -0.3 is 45.4 Å². The molecule has 1 amide bonds. The lowest BCUT2D eigenvalue weighted by Crippen LogP contribution is -2.43. The fourth-order valence-corrected chi connectivity index (χ4v) is 14.1. The molecular weight excluding hydrogens is 1090 g/mol. The number of ether oxygens (including phenoxy) is 2. The van der Waals surface area contributed by atoms with Crippen LogP contribution in [0.1, 0.15) is 58.6 Å². The summed E-state index contributed by atoms with van der Waals surface area (Å²) in [7, 11) is -4.54. The molecule has 0 spiro atoms. The molecule has 6 heterocycles. The van der Waals surface area contributed by atoms with Gasteiger partial charge in [-0.05, 0) is 125 Å². The number of fused-ring (bicyclic) bond motifs is 4. The highest BCUT2D eigenvalue weighted by Crippen LogP contribution is 2.37. The van der Waals surface area contributed by atoms with Gasteiger partial charge in [-0.15, -0.1) is 0 Å². The van der Waals surface area contributed by atoms with Crippen LogP contribution in [0.3, 0.4) is 0 Å². The van der Waals surface area contributed by atoms with Crippen molar-refractivity contribution in [2.45, 2.75) is 60.6 Å². The Labute approximate surface area is 483 Å². The standard InChI is InChI=1S/C31H33N5O4S.C20H20N2O5S.C11H15N3/c1-40-26-10-8-25-20-27(11-9-24(25)19-26)41(38,39)36-18-17-35-16-2-3-28(35)29(36)21-30(37)32-13-12-22-4-6-23(7-5-22)31-33-14-15-34-31;1-27-16-6-4-15-12-17(7-5-14(15)11-16)28(25,26)22-10-9-21-8-2-3-18(21)19(22)13-20(23)24;12-6-5-9-1-3-10(4-2-9)11-13-7-8-14-11/h2-11,16,19-20,29H,12-15,17-18,21H2,1H3,(H,32,37)(H,33,34);2-8,11-12,19H,9-10,13H2,1H3,(H,23,24);1-4H,5-8,12H2,(H,13,14). The zero-order chi connectivity index (χ0) is 58.1. The number of carbonyl (C=O) groups excluding carboxylic acids is 1. The Morgan fingerprint density at radius 3 is 1.47 bits per heavy atom. The number of hydrogen-bond acceptors (Lipinski definition) is 13. The highest BCUT2D eigenvalue weighted by atomic mass is 32.2. The van der Waals surface area contributed by atoms with Crippen molar-refractivity contribution in [2.75, 3.05) is 66.6 Å². The molecule has 0 fully saturated rings. The maximum atomic E-state index is 13.9. The van der Waals surface area contributed by atoms with Gasteiger partial charge in [-0.3, -0.25) is 19.6 Å². The normalized spacial score (nSPS) is 16.9. The van der Waals surface area contributed by atoms with Crippen LogP contribution in [0.5, 0.6) is 11.5 Å². The quantitative estimate of drug-likeness (QED) is 0.0625. The van der Waals surface area contributed by atoms with E-state index in [0.29, 0.717) is 49.8 Å². The minimum atomic E-state index is -3.87. The summed E-state index contributed by atoms with van der Waals surface area (Å²) in [5, 5.41) is 22.2. The molecule has 6 N–H and O–H groups in total. The minimum absolute atomic E-state index is 0.0401. The summed E-state index contributed by atoms with van der Waals surface area (Å²) >= 11 is 0. The van der Waals surface area contributed by atoms with Crippen LogP contribution >= 0.6 is 0 Å². The van der Waals surface area contributed by atoms with Gasteiger partial charge in [-0.2, -0.15) is 8.61 Å². The van der Waals surface area contributed by atoms with Gasteiger partial charge >= 0.3 is 5.97 Å². The van der Waals surface area contributed by atoms with E-state index in [9.17, 15) is 31.5 Å². The predicted octanol–water partition coefficient (Wildman–Crippen LogP) is 6.90. The number of benzene rings is 6. The van der Waals surface area contributed by atoms with E-state index in [2.05, 4.69) is 50.2 Å². The van der Waals surface area contributed by atoms with Gasteiger partial charge in [-0.25, -0.2) is 16.8 Å². The Balaban J connectivity index is 0.000000157. The number of aromatic nitrogens is 2. The molecule has 0 saturated carbocycles. The van der Waals surface area contributed by atoms with Crippen LogP contribution in [-0.4, -0.2) is 130 Å². The molecule has 4 aliphatic heterocycles. The number of methoxy groups -OCH3 is 2. The SMILES string of the molecule is COc1ccc2cc(S(=O)(=O)N3CCn4cccc4C3CC(=O)NCCc3ccc(C4=NCCN4)cc3)ccc2c1.COc1ccc2cc(S(=O)(=O)N3CCn4cccc4C3CC(=O)O)ccc2c1.NCCc1ccc(C2=NCCN2)cc1. The second-order valence-electron chi connectivity index (χ2n) is 20.4. The molecule has 2 atom stereocenters. The monoisotopic (exact) mass is 1160 g/mol. The molecule has 12 rings (SSSR count). The topological polar surface area (TPSA) is 244 Å². The van der Waals surface area contributed by atoms with E-state index in [0.717, 1.165) is 82.6 Å². The number of carboxylic acid groups (broad SMARTS) is 1. The zero-order valence-electron chi connectivity index (χ0n) is 46.4. The van der Waals surface area contributed by atoms with Crippen molar-refractivity contribution in [3.05, 3.63) is 192 Å². The van der Waals surface area contributed by atoms with E-state index in [1.54, 1.807) is 62.8 Å². The number of nitrogens with one attached hydrogen (secondary N) is 3. The minimum Gasteiger partial charge on any atom is -0.497 e. The summed E-state index contributed by atoms with van der Waals surface area (Å²) < 4.78 is 71.9. The first kappa shape index (κ1) is 57.9. The lowest BCUT2D eigenvalue weighted by molar-refractivity contribution is -0.138. The Bertz CT molecular complexity index is 3920. The second-order valence-corrected chi connectivity index (χ2v) is 24.2. The largest absolute Gasteiger partial charge is 0.497 e. The summed E-state index contributed by atoms with van der Waals surface area (Å²) in [5.41, 5.74) is 11.6. The van der Waals surface area contributed by atoms with Gasteiger partial charge in [0.1, 0.15) is 23.2 Å². The van der Waals surface area contributed by atoms with Crippen molar-refractivity contribution < 1.29 is 41.0 Å². The number of carbonyl (C=O) groups is 2. The molecule has 0 radical (unpaired) electrons. The molecule has 432 valence electrons. The Morgan fingerprint density at radius 1 is 0.590 bits per heavy atom. The molecule has 21 heteroatoms. The lowest BCUT2D eigenvalue weighted by Gasteiger charge is -2.35. The number of nitrogens with two attached hydrogens (primary N) is 1. The van der Waals surface area contributed by atoms with Crippen LogP contribution in [0, 0.1) is 0 Å². The maximum absolute atomic E-state index is 13.9. The van der Waals surface area contributed by atoms with Gasteiger partial charge in [0.05, 0.1) is 55.6 Å². The Morgan fingerprint density at radius 2 is 1.04 bits per heavy atom. The van der Waals surface area contributed by atoms with Crippen molar-refractivity contribution in [1.29, 1.82) is 0 Å². The molecule has 4 aliphatic rings. The van der Waals surface area contributed by atoms with Crippen LogP contribution in [0.4, 0.5) is 0 Å². The molecule has 83 heavy (non-hydrogen) atoms. The third-order valence-electron chi connectivity index (χ3n) is 15.2. The van der Waals surface area contributed by atoms with Gasteiger partial charge in [0.2, 0.25) is 26.0 Å². The number of aliphatic carboxylic acids is 1. The second kappa shape index (κ2) is 25.8. The van der Waals surface area contributed by atoms with Crippen LogP contribution in [0.2, 0.25) is 0 Å². The van der Waals surface area contributed by atoms with Crippen molar-refractivity contribution >= 4 is 65.1 Å². The molecule has 19 nitrogen and oxygen atoms in total. The summed E-state index contributed by atoms with van der Waals surface area (Å²) in [4.78, 5) is 33.7. The van der Waals surface area contributed by atoms with Crippen molar-refractivity contribution in [1.82, 2.24) is 33.7 Å². The molecule has 8 aromatic rings. The zero-order valence-corrected chi connectivity index (χ0v) is 48.0. The van der Waals surface area contributed by atoms with Gasteiger partial charge in [0.25, 0.3) is 0 Å². The smallest absolute Gasteiger partial charge is 0.305 e.